The molecule has 0 fully saturated rings. The standard InChI is InChI=1S/C16H16O4/c17-11-6-7-14-13(10-11)16(18)15(8-9-19-14)20-12-4-2-1-3-5-12/h1-7,10,15-18H,8-9H2/t15-,16-/m0/s1. The first kappa shape index (κ1) is 12.8. The highest BCUT2D eigenvalue weighted by atomic mass is 16.5. The van der Waals surface area contributed by atoms with Crippen LogP contribution in [0, 0.1) is 0 Å². The lowest BCUT2D eigenvalue weighted by Gasteiger charge is -2.22. The fourth-order valence-corrected chi connectivity index (χ4v) is 2.34. The Labute approximate surface area is 117 Å². The number of aliphatic hydroxyl groups is 1. The maximum Gasteiger partial charge on any atom is 0.132 e. The highest BCUT2D eigenvalue weighted by Gasteiger charge is 2.29. The molecule has 0 aromatic heterocycles. The number of para-hydroxylation sites is 1. The molecule has 4 nitrogen and oxygen atoms in total. The Morgan fingerprint density at radius 1 is 1.10 bits per heavy atom. The Bertz CT molecular complexity index is 582. The fourth-order valence-electron chi connectivity index (χ4n) is 2.34. The van der Waals surface area contributed by atoms with Gasteiger partial charge in [0.05, 0.1) is 6.61 Å². The van der Waals surface area contributed by atoms with E-state index in [0.717, 1.165) is 0 Å². The molecule has 0 aliphatic carbocycles. The Kier molecular flexibility index (Phi) is 3.48. The van der Waals surface area contributed by atoms with E-state index in [0.29, 0.717) is 30.1 Å². The Hall–Kier alpha value is -2.20. The van der Waals surface area contributed by atoms with Crippen LogP contribution in [0.1, 0.15) is 18.1 Å². The summed E-state index contributed by atoms with van der Waals surface area (Å²) in [7, 11) is 0. The maximum absolute atomic E-state index is 10.5. The van der Waals surface area contributed by atoms with Crippen LogP contribution in [0.15, 0.2) is 48.5 Å². The number of ether oxygens (including phenoxy) is 2. The molecule has 0 amide bonds. The van der Waals surface area contributed by atoms with Gasteiger partial charge in [-0.3, -0.25) is 0 Å². The molecule has 2 aromatic carbocycles. The van der Waals surface area contributed by atoms with Crippen LogP contribution in [0.2, 0.25) is 0 Å². The number of benzene rings is 2. The van der Waals surface area contributed by atoms with Gasteiger partial charge in [0, 0.05) is 12.0 Å². The van der Waals surface area contributed by atoms with Crippen molar-refractivity contribution in [2.75, 3.05) is 6.61 Å². The Balaban J connectivity index is 1.86. The van der Waals surface area contributed by atoms with E-state index in [2.05, 4.69) is 0 Å². The Morgan fingerprint density at radius 2 is 1.90 bits per heavy atom. The van der Waals surface area contributed by atoms with Crippen LogP contribution in [0.3, 0.4) is 0 Å². The molecule has 2 N–H and O–H groups in total. The van der Waals surface area contributed by atoms with Gasteiger partial charge in [0.1, 0.15) is 29.5 Å². The molecule has 0 unspecified atom stereocenters. The lowest BCUT2D eigenvalue weighted by Crippen LogP contribution is -2.25. The van der Waals surface area contributed by atoms with E-state index in [-0.39, 0.29) is 5.75 Å². The molecule has 2 atom stereocenters. The molecule has 4 heteroatoms. The summed E-state index contributed by atoms with van der Waals surface area (Å²) in [6, 6.07) is 14.1. The quantitative estimate of drug-likeness (QED) is 0.882. The number of fused-ring (bicyclic) bond motifs is 1. The zero-order valence-corrected chi connectivity index (χ0v) is 10.9. The summed E-state index contributed by atoms with van der Waals surface area (Å²) in [6.45, 7) is 0.465. The predicted octanol–water partition coefficient (Wildman–Crippen LogP) is 2.66. The summed E-state index contributed by atoms with van der Waals surface area (Å²) in [4.78, 5) is 0. The third kappa shape index (κ3) is 2.56. The number of aliphatic hydroxyl groups excluding tert-OH is 1. The molecule has 1 aliphatic rings. The summed E-state index contributed by atoms with van der Waals surface area (Å²) in [5, 5.41) is 20.0. The summed E-state index contributed by atoms with van der Waals surface area (Å²) in [5.74, 6) is 1.40. The van der Waals surface area contributed by atoms with Crippen molar-refractivity contribution in [3.63, 3.8) is 0 Å². The third-order valence-corrected chi connectivity index (χ3v) is 3.35. The first-order valence-corrected chi connectivity index (χ1v) is 6.59. The van der Waals surface area contributed by atoms with Crippen LogP contribution in [-0.2, 0) is 0 Å². The van der Waals surface area contributed by atoms with Crippen molar-refractivity contribution in [2.45, 2.75) is 18.6 Å². The van der Waals surface area contributed by atoms with Crippen molar-refractivity contribution >= 4 is 0 Å². The van der Waals surface area contributed by atoms with E-state index in [4.69, 9.17) is 9.47 Å². The number of phenols is 1. The molecule has 20 heavy (non-hydrogen) atoms. The van der Waals surface area contributed by atoms with Crippen LogP contribution in [0.4, 0.5) is 0 Å². The highest BCUT2D eigenvalue weighted by molar-refractivity contribution is 5.42. The smallest absolute Gasteiger partial charge is 0.132 e. The van der Waals surface area contributed by atoms with Gasteiger partial charge in [-0.15, -0.1) is 0 Å². The van der Waals surface area contributed by atoms with Gasteiger partial charge in [-0.05, 0) is 30.3 Å². The molecule has 1 heterocycles. The lowest BCUT2D eigenvalue weighted by atomic mass is 10.0. The molecule has 0 bridgehead atoms. The monoisotopic (exact) mass is 272 g/mol. The van der Waals surface area contributed by atoms with Gasteiger partial charge in [-0.1, -0.05) is 18.2 Å². The zero-order chi connectivity index (χ0) is 13.9. The van der Waals surface area contributed by atoms with Crippen molar-refractivity contribution in [2.24, 2.45) is 0 Å². The van der Waals surface area contributed by atoms with E-state index in [1.807, 2.05) is 30.3 Å². The van der Waals surface area contributed by atoms with Gasteiger partial charge in [0.25, 0.3) is 0 Å². The van der Waals surface area contributed by atoms with Crippen molar-refractivity contribution in [3.8, 4) is 17.2 Å². The number of aromatic hydroxyl groups is 1. The zero-order valence-electron chi connectivity index (χ0n) is 10.9. The molecular formula is C16H16O4. The fraction of sp³-hybridized carbons (Fsp3) is 0.250. The molecule has 1 aliphatic heterocycles. The predicted molar refractivity (Wildman–Crippen MR) is 74.0 cm³/mol. The summed E-state index contributed by atoms with van der Waals surface area (Å²) >= 11 is 0. The average molecular weight is 272 g/mol. The minimum Gasteiger partial charge on any atom is -0.508 e. The average Bonchev–Trinajstić information content (AvgIpc) is 2.61. The van der Waals surface area contributed by atoms with E-state index in [9.17, 15) is 10.2 Å². The number of hydrogen-bond acceptors (Lipinski definition) is 4. The van der Waals surface area contributed by atoms with Crippen molar-refractivity contribution in [3.05, 3.63) is 54.1 Å². The summed E-state index contributed by atoms with van der Waals surface area (Å²) in [5.41, 5.74) is 0.559. The second kappa shape index (κ2) is 5.43. The second-order valence-electron chi connectivity index (χ2n) is 4.77. The maximum atomic E-state index is 10.5. The molecule has 104 valence electrons. The van der Waals surface area contributed by atoms with Gasteiger partial charge < -0.3 is 19.7 Å². The minimum absolute atomic E-state index is 0.103. The minimum atomic E-state index is -0.834. The van der Waals surface area contributed by atoms with Gasteiger partial charge in [0.2, 0.25) is 0 Å². The first-order valence-electron chi connectivity index (χ1n) is 6.59. The van der Waals surface area contributed by atoms with Gasteiger partial charge in [0.15, 0.2) is 0 Å². The largest absolute Gasteiger partial charge is 0.508 e. The highest BCUT2D eigenvalue weighted by Crippen LogP contribution is 2.35. The molecule has 2 aromatic rings. The van der Waals surface area contributed by atoms with E-state index >= 15 is 0 Å². The molecule has 3 rings (SSSR count). The SMILES string of the molecule is Oc1ccc2c(c1)[C@H](O)[C@@H](Oc1ccccc1)CCO2. The number of rotatable bonds is 2. The molecular weight excluding hydrogens is 256 g/mol. The normalized spacial score (nSPS) is 21.4. The summed E-state index contributed by atoms with van der Waals surface area (Å²) < 4.78 is 11.4. The van der Waals surface area contributed by atoms with E-state index in [1.165, 1.54) is 6.07 Å². The van der Waals surface area contributed by atoms with Gasteiger partial charge in [-0.2, -0.15) is 0 Å². The molecule has 0 radical (unpaired) electrons. The van der Waals surface area contributed by atoms with E-state index in [1.54, 1.807) is 12.1 Å². The van der Waals surface area contributed by atoms with Crippen LogP contribution >= 0.6 is 0 Å². The first-order chi connectivity index (χ1) is 9.74. The Morgan fingerprint density at radius 3 is 2.70 bits per heavy atom. The van der Waals surface area contributed by atoms with Crippen molar-refractivity contribution in [1.29, 1.82) is 0 Å². The lowest BCUT2D eigenvalue weighted by molar-refractivity contribution is 0.0312. The van der Waals surface area contributed by atoms with E-state index < -0.39 is 12.2 Å². The van der Waals surface area contributed by atoms with Crippen molar-refractivity contribution < 1.29 is 19.7 Å². The van der Waals surface area contributed by atoms with Crippen LogP contribution in [0.5, 0.6) is 17.2 Å². The molecule has 0 saturated heterocycles. The second-order valence-corrected chi connectivity index (χ2v) is 4.77. The molecule has 0 saturated carbocycles. The van der Waals surface area contributed by atoms with Crippen LogP contribution in [-0.4, -0.2) is 22.9 Å². The van der Waals surface area contributed by atoms with Crippen molar-refractivity contribution in [1.82, 2.24) is 0 Å². The number of phenolic OH excluding ortho intramolecular Hbond substituents is 1. The van der Waals surface area contributed by atoms with Gasteiger partial charge in [-0.25, -0.2) is 0 Å². The topological polar surface area (TPSA) is 58.9 Å². The van der Waals surface area contributed by atoms with Crippen LogP contribution < -0.4 is 9.47 Å². The summed E-state index contributed by atoms with van der Waals surface area (Å²) in [6.07, 6.45) is -0.661. The third-order valence-electron chi connectivity index (χ3n) is 3.35. The molecule has 0 spiro atoms. The number of hydrogen-bond donors (Lipinski definition) is 2. The van der Waals surface area contributed by atoms with Gasteiger partial charge >= 0.3 is 0 Å². The van der Waals surface area contributed by atoms with Crippen LogP contribution in [0.25, 0.3) is 0 Å².